The second kappa shape index (κ2) is 8.34. The fraction of sp³-hybridized carbons (Fsp3) is 0.318. The number of benzene rings is 2. The average Bonchev–Trinajstić information content (AvgIpc) is 3.24. The number of rotatable bonds is 6. The van der Waals surface area contributed by atoms with Gasteiger partial charge in [0.05, 0.1) is 19.3 Å². The Morgan fingerprint density at radius 2 is 2.07 bits per heavy atom. The molecule has 2 heterocycles. The van der Waals surface area contributed by atoms with Gasteiger partial charge < -0.3 is 14.8 Å². The van der Waals surface area contributed by atoms with Gasteiger partial charge in [0.1, 0.15) is 17.3 Å². The monoisotopic (exact) mass is 392 g/mol. The molecule has 7 heteroatoms. The molecule has 0 spiro atoms. The van der Waals surface area contributed by atoms with Crippen molar-refractivity contribution in [1.29, 1.82) is 0 Å². The Bertz CT molecular complexity index is 998. The minimum Gasteiger partial charge on any atom is -0.494 e. The van der Waals surface area contributed by atoms with Crippen LogP contribution in [0.15, 0.2) is 42.5 Å². The minimum atomic E-state index is -0.125. The second-order valence-electron chi connectivity index (χ2n) is 6.83. The number of aryl methyl sites for hydroxylation is 1. The van der Waals surface area contributed by atoms with Crippen molar-refractivity contribution >= 4 is 5.91 Å². The van der Waals surface area contributed by atoms with E-state index >= 15 is 0 Å². The Balaban J connectivity index is 1.49. The van der Waals surface area contributed by atoms with Crippen molar-refractivity contribution in [1.82, 2.24) is 20.5 Å². The van der Waals surface area contributed by atoms with Gasteiger partial charge in [-0.25, -0.2) is 4.98 Å². The van der Waals surface area contributed by atoms with E-state index in [2.05, 4.69) is 20.5 Å². The van der Waals surface area contributed by atoms with Gasteiger partial charge in [-0.05, 0) is 37.3 Å². The summed E-state index contributed by atoms with van der Waals surface area (Å²) in [4.78, 5) is 17.2. The van der Waals surface area contributed by atoms with Crippen LogP contribution in [0.4, 0.5) is 0 Å². The number of ether oxygens (including phenoxy) is 2. The maximum absolute atomic E-state index is 12.8. The number of carbonyl (C=O) groups excluding carboxylic acids is 1. The van der Waals surface area contributed by atoms with Crippen molar-refractivity contribution in [3.05, 3.63) is 59.4 Å². The summed E-state index contributed by atoms with van der Waals surface area (Å²) in [5.74, 6) is 2.91. The smallest absolute Gasteiger partial charge is 0.251 e. The Kier molecular flexibility index (Phi) is 5.46. The van der Waals surface area contributed by atoms with Crippen LogP contribution in [0.25, 0.3) is 11.4 Å². The molecule has 150 valence electrons. The van der Waals surface area contributed by atoms with Gasteiger partial charge in [0.25, 0.3) is 5.91 Å². The number of nitrogens with zero attached hydrogens (tertiary/aromatic N) is 2. The predicted molar refractivity (Wildman–Crippen MR) is 109 cm³/mol. The van der Waals surface area contributed by atoms with E-state index in [1.165, 1.54) is 0 Å². The number of aromatic nitrogens is 3. The lowest BCUT2D eigenvalue weighted by Crippen LogP contribution is -2.32. The SMILES string of the molecule is CCOc1ccc2c(c1)C(NC(=O)c1ccc(-c3n[nH]c(CC)n3)cc1)CCO2. The number of carbonyl (C=O) groups is 1. The maximum Gasteiger partial charge on any atom is 0.251 e. The van der Waals surface area contributed by atoms with Crippen LogP contribution in [0.2, 0.25) is 0 Å². The number of amides is 1. The third-order valence-electron chi connectivity index (χ3n) is 4.91. The van der Waals surface area contributed by atoms with Crippen molar-refractivity contribution in [2.24, 2.45) is 0 Å². The molecule has 0 fully saturated rings. The fourth-order valence-electron chi connectivity index (χ4n) is 3.37. The maximum atomic E-state index is 12.8. The van der Waals surface area contributed by atoms with Crippen LogP contribution in [-0.4, -0.2) is 34.3 Å². The lowest BCUT2D eigenvalue weighted by molar-refractivity contribution is 0.0924. The molecule has 3 aromatic rings. The average molecular weight is 392 g/mol. The zero-order valence-electron chi connectivity index (χ0n) is 16.6. The first-order valence-electron chi connectivity index (χ1n) is 9.90. The standard InChI is InChI=1S/C22H24N4O3/c1-3-20-24-21(26-25-20)14-5-7-15(8-6-14)22(27)23-18-11-12-29-19-10-9-16(28-4-2)13-17(18)19/h5-10,13,18H,3-4,11-12H2,1-2H3,(H,23,27)(H,24,25,26). The molecule has 1 aromatic heterocycles. The molecule has 1 unspecified atom stereocenters. The van der Waals surface area contributed by atoms with Crippen LogP contribution in [-0.2, 0) is 6.42 Å². The second-order valence-corrected chi connectivity index (χ2v) is 6.83. The minimum absolute atomic E-state index is 0.119. The molecule has 2 aromatic carbocycles. The molecule has 1 atom stereocenters. The number of H-pyrrole nitrogens is 1. The lowest BCUT2D eigenvalue weighted by Gasteiger charge is -2.27. The van der Waals surface area contributed by atoms with Crippen LogP contribution >= 0.6 is 0 Å². The summed E-state index contributed by atoms with van der Waals surface area (Å²) in [5, 5.41) is 10.2. The van der Waals surface area contributed by atoms with E-state index in [0.29, 0.717) is 31.0 Å². The fourth-order valence-corrected chi connectivity index (χ4v) is 3.37. The number of hydrogen-bond donors (Lipinski definition) is 2. The van der Waals surface area contributed by atoms with E-state index in [0.717, 1.165) is 34.9 Å². The van der Waals surface area contributed by atoms with Gasteiger partial charge in [0.15, 0.2) is 5.82 Å². The van der Waals surface area contributed by atoms with Crippen molar-refractivity contribution in [2.45, 2.75) is 32.7 Å². The van der Waals surface area contributed by atoms with Crippen molar-refractivity contribution in [2.75, 3.05) is 13.2 Å². The summed E-state index contributed by atoms with van der Waals surface area (Å²) in [5.41, 5.74) is 2.41. The number of aromatic amines is 1. The molecular formula is C22H24N4O3. The van der Waals surface area contributed by atoms with Gasteiger partial charge in [0.2, 0.25) is 0 Å². The van der Waals surface area contributed by atoms with Gasteiger partial charge in [0, 0.05) is 29.5 Å². The first kappa shape index (κ1) is 19.0. The summed E-state index contributed by atoms with van der Waals surface area (Å²) >= 11 is 0. The Morgan fingerprint density at radius 1 is 1.24 bits per heavy atom. The molecule has 4 rings (SSSR count). The summed E-state index contributed by atoms with van der Waals surface area (Å²) < 4.78 is 11.3. The summed E-state index contributed by atoms with van der Waals surface area (Å²) in [6.07, 6.45) is 1.51. The topological polar surface area (TPSA) is 89.1 Å². The molecule has 1 aliphatic rings. The molecule has 1 aliphatic heterocycles. The molecule has 0 radical (unpaired) electrons. The molecule has 0 saturated heterocycles. The normalized spacial score (nSPS) is 15.3. The van der Waals surface area contributed by atoms with Gasteiger partial charge in [-0.2, -0.15) is 5.10 Å². The quantitative estimate of drug-likeness (QED) is 0.668. The first-order valence-corrected chi connectivity index (χ1v) is 9.90. The van der Waals surface area contributed by atoms with E-state index in [4.69, 9.17) is 9.47 Å². The molecule has 29 heavy (non-hydrogen) atoms. The van der Waals surface area contributed by atoms with Crippen LogP contribution in [0.1, 0.15) is 48.1 Å². The van der Waals surface area contributed by atoms with E-state index in [9.17, 15) is 4.79 Å². The highest BCUT2D eigenvalue weighted by atomic mass is 16.5. The number of hydrogen-bond acceptors (Lipinski definition) is 5. The van der Waals surface area contributed by atoms with Gasteiger partial charge >= 0.3 is 0 Å². The highest BCUT2D eigenvalue weighted by Crippen LogP contribution is 2.35. The zero-order chi connectivity index (χ0) is 20.2. The molecule has 7 nitrogen and oxygen atoms in total. The van der Waals surface area contributed by atoms with Crippen LogP contribution in [0, 0.1) is 0 Å². The number of nitrogens with one attached hydrogen (secondary N) is 2. The molecular weight excluding hydrogens is 368 g/mol. The third-order valence-corrected chi connectivity index (χ3v) is 4.91. The van der Waals surface area contributed by atoms with Gasteiger partial charge in [-0.15, -0.1) is 0 Å². The Morgan fingerprint density at radius 3 is 2.79 bits per heavy atom. The number of fused-ring (bicyclic) bond motifs is 1. The van der Waals surface area contributed by atoms with Crippen molar-refractivity contribution < 1.29 is 14.3 Å². The molecule has 2 N–H and O–H groups in total. The van der Waals surface area contributed by atoms with Gasteiger partial charge in [-0.1, -0.05) is 19.1 Å². The molecule has 0 saturated carbocycles. The zero-order valence-corrected chi connectivity index (χ0v) is 16.6. The van der Waals surface area contributed by atoms with Crippen LogP contribution in [0.3, 0.4) is 0 Å². The van der Waals surface area contributed by atoms with Crippen LogP contribution < -0.4 is 14.8 Å². The largest absolute Gasteiger partial charge is 0.494 e. The first-order chi connectivity index (χ1) is 14.2. The van der Waals surface area contributed by atoms with E-state index in [1.54, 1.807) is 12.1 Å². The summed E-state index contributed by atoms with van der Waals surface area (Å²) in [6.45, 7) is 5.12. The van der Waals surface area contributed by atoms with Gasteiger partial charge in [-0.3, -0.25) is 9.89 Å². The van der Waals surface area contributed by atoms with E-state index < -0.39 is 0 Å². The highest BCUT2D eigenvalue weighted by molar-refractivity contribution is 5.95. The van der Waals surface area contributed by atoms with E-state index in [-0.39, 0.29) is 11.9 Å². The van der Waals surface area contributed by atoms with Crippen molar-refractivity contribution in [3.63, 3.8) is 0 Å². The Labute approximate surface area is 169 Å². The molecule has 0 aliphatic carbocycles. The molecule has 0 bridgehead atoms. The lowest BCUT2D eigenvalue weighted by atomic mass is 9.99. The van der Waals surface area contributed by atoms with Crippen LogP contribution in [0.5, 0.6) is 11.5 Å². The molecule has 1 amide bonds. The summed E-state index contributed by atoms with van der Waals surface area (Å²) in [6, 6.07) is 12.9. The predicted octanol–water partition coefficient (Wildman–Crippen LogP) is 3.69. The van der Waals surface area contributed by atoms with Crippen molar-refractivity contribution in [3.8, 4) is 22.9 Å². The Hall–Kier alpha value is -3.35. The highest BCUT2D eigenvalue weighted by Gasteiger charge is 2.24. The third kappa shape index (κ3) is 4.08. The van der Waals surface area contributed by atoms with E-state index in [1.807, 2.05) is 44.2 Å². The summed E-state index contributed by atoms with van der Waals surface area (Å²) in [7, 11) is 0.